The van der Waals surface area contributed by atoms with Crippen molar-refractivity contribution < 1.29 is 4.79 Å². The topological polar surface area (TPSA) is 46.1 Å². The summed E-state index contributed by atoms with van der Waals surface area (Å²) in [6.07, 6.45) is 0. The normalized spacial score (nSPS) is 10.8. The molecule has 0 fully saturated rings. The lowest BCUT2D eigenvalue weighted by Gasteiger charge is -2.23. The largest absolute Gasteiger partial charge is 0.304 e. The van der Waals surface area contributed by atoms with Gasteiger partial charge in [0.25, 0.3) is 5.91 Å². The predicted octanol–water partition coefficient (Wildman–Crippen LogP) is 5.09. The summed E-state index contributed by atoms with van der Waals surface area (Å²) >= 11 is 0. The first-order valence-corrected chi connectivity index (χ1v) is 9.27. The Morgan fingerprint density at radius 3 is 2.07 bits per heavy atom. The molecule has 138 valence electrons. The van der Waals surface area contributed by atoms with Crippen LogP contribution in [0.4, 0.5) is 5.69 Å². The molecule has 0 bridgehead atoms. The van der Waals surface area contributed by atoms with Gasteiger partial charge in [-0.15, -0.1) is 0 Å². The minimum Gasteiger partial charge on any atom is -0.304 e. The second-order valence-corrected chi connectivity index (χ2v) is 6.81. The fourth-order valence-electron chi connectivity index (χ4n) is 3.17. The molecule has 0 saturated heterocycles. The van der Waals surface area contributed by atoms with Crippen LogP contribution >= 0.6 is 0 Å². The Morgan fingerprint density at radius 2 is 1.39 bits per heavy atom. The Bertz CT molecular complexity index is 1120. The highest BCUT2D eigenvalue weighted by Gasteiger charge is 2.19. The number of para-hydroxylation sites is 1. The van der Waals surface area contributed by atoms with Crippen molar-refractivity contribution in [1.82, 2.24) is 9.97 Å². The third-order valence-electron chi connectivity index (χ3n) is 4.82. The van der Waals surface area contributed by atoms with Crippen LogP contribution in [0.3, 0.4) is 0 Å². The fourth-order valence-corrected chi connectivity index (χ4v) is 3.17. The van der Waals surface area contributed by atoms with Crippen LogP contribution in [-0.2, 0) is 6.54 Å². The molecule has 4 heteroatoms. The van der Waals surface area contributed by atoms with Crippen LogP contribution in [0.5, 0.6) is 0 Å². The lowest BCUT2D eigenvalue weighted by molar-refractivity contribution is 0.0985. The third-order valence-corrected chi connectivity index (χ3v) is 4.82. The molecule has 1 aromatic heterocycles. The van der Waals surface area contributed by atoms with E-state index in [1.165, 1.54) is 0 Å². The third kappa shape index (κ3) is 3.62. The van der Waals surface area contributed by atoms with Gasteiger partial charge in [-0.2, -0.15) is 0 Å². The second kappa shape index (κ2) is 7.61. The molecule has 0 aliphatic carbocycles. The molecule has 0 unspecified atom stereocenters. The second-order valence-electron chi connectivity index (χ2n) is 6.81. The number of benzene rings is 3. The summed E-state index contributed by atoms with van der Waals surface area (Å²) in [5.41, 5.74) is 5.86. The maximum absolute atomic E-state index is 13.4. The summed E-state index contributed by atoms with van der Waals surface area (Å²) in [4.78, 5) is 24.4. The summed E-state index contributed by atoms with van der Waals surface area (Å²) < 4.78 is 0. The number of carbonyl (C=O) groups excluding carboxylic acids is 1. The number of nitrogens with zero attached hydrogens (tertiary/aromatic N) is 3. The molecule has 0 aliphatic heterocycles. The number of hydrogen-bond donors (Lipinski definition) is 0. The van der Waals surface area contributed by atoms with Crippen LogP contribution in [0.25, 0.3) is 11.0 Å². The number of aromatic nitrogens is 2. The molecule has 0 spiro atoms. The van der Waals surface area contributed by atoms with E-state index in [9.17, 15) is 4.79 Å². The van der Waals surface area contributed by atoms with Gasteiger partial charge in [-0.1, -0.05) is 48.5 Å². The molecular formula is C24H21N3O. The van der Waals surface area contributed by atoms with Gasteiger partial charge in [0.1, 0.15) is 0 Å². The standard InChI is InChI=1S/C24H21N3O/c1-17-18(2)26-23-15-20(13-14-22(23)25-17)24(28)27(21-11-7-4-8-12-21)16-19-9-5-3-6-10-19/h3-15H,16H2,1-2H3. The van der Waals surface area contributed by atoms with Crippen LogP contribution in [0.1, 0.15) is 27.3 Å². The van der Waals surface area contributed by atoms with Crippen molar-refractivity contribution in [2.24, 2.45) is 0 Å². The van der Waals surface area contributed by atoms with Gasteiger partial charge >= 0.3 is 0 Å². The summed E-state index contributed by atoms with van der Waals surface area (Å²) in [6.45, 7) is 4.38. The number of hydrogen-bond acceptors (Lipinski definition) is 3. The van der Waals surface area contributed by atoms with E-state index in [1.807, 2.05) is 92.7 Å². The Kier molecular flexibility index (Phi) is 4.85. The van der Waals surface area contributed by atoms with Crippen LogP contribution in [0.15, 0.2) is 78.9 Å². The van der Waals surface area contributed by atoms with E-state index in [0.29, 0.717) is 12.1 Å². The first kappa shape index (κ1) is 17.9. The molecule has 4 rings (SSSR count). The molecule has 3 aromatic carbocycles. The number of anilines is 1. The zero-order valence-electron chi connectivity index (χ0n) is 16.0. The van der Waals surface area contributed by atoms with E-state index in [1.54, 1.807) is 4.90 Å². The Hall–Kier alpha value is -3.53. The van der Waals surface area contributed by atoms with E-state index in [-0.39, 0.29) is 5.91 Å². The summed E-state index contributed by atoms with van der Waals surface area (Å²) in [7, 11) is 0. The van der Waals surface area contributed by atoms with Gasteiger partial charge in [-0.05, 0) is 49.7 Å². The van der Waals surface area contributed by atoms with Crippen LogP contribution in [0, 0.1) is 13.8 Å². The Balaban J connectivity index is 1.74. The smallest absolute Gasteiger partial charge is 0.258 e. The van der Waals surface area contributed by atoms with E-state index >= 15 is 0 Å². The predicted molar refractivity (Wildman–Crippen MR) is 112 cm³/mol. The minimum atomic E-state index is -0.0584. The molecule has 4 nitrogen and oxygen atoms in total. The van der Waals surface area contributed by atoms with Crippen molar-refractivity contribution in [3.8, 4) is 0 Å². The van der Waals surface area contributed by atoms with Gasteiger partial charge in [0.15, 0.2) is 0 Å². The fraction of sp³-hybridized carbons (Fsp3) is 0.125. The van der Waals surface area contributed by atoms with E-state index in [4.69, 9.17) is 0 Å². The van der Waals surface area contributed by atoms with Crippen molar-refractivity contribution in [3.05, 3.63) is 101 Å². The zero-order valence-corrected chi connectivity index (χ0v) is 16.0. The zero-order chi connectivity index (χ0) is 19.5. The summed E-state index contributed by atoms with van der Waals surface area (Å²) in [6, 6.07) is 25.3. The van der Waals surface area contributed by atoms with Gasteiger partial charge in [0, 0.05) is 11.3 Å². The summed E-state index contributed by atoms with van der Waals surface area (Å²) in [5.74, 6) is -0.0584. The van der Waals surface area contributed by atoms with Crippen molar-refractivity contribution in [3.63, 3.8) is 0 Å². The van der Waals surface area contributed by atoms with E-state index in [0.717, 1.165) is 33.7 Å². The number of fused-ring (bicyclic) bond motifs is 1. The highest BCUT2D eigenvalue weighted by atomic mass is 16.2. The first-order valence-electron chi connectivity index (χ1n) is 9.27. The van der Waals surface area contributed by atoms with Gasteiger partial charge in [0.2, 0.25) is 0 Å². The average molecular weight is 367 g/mol. The molecule has 1 heterocycles. The molecule has 0 radical (unpaired) electrons. The first-order chi connectivity index (χ1) is 13.6. The van der Waals surface area contributed by atoms with E-state index in [2.05, 4.69) is 9.97 Å². The number of carbonyl (C=O) groups is 1. The molecule has 1 amide bonds. The van der Waals surface area contributed by atoms with E-state index < -0.39 is 0 Å². The molecule has 0 saturated carbocycles. The Labute approximate surface area is 164 Å². The molecular weight excluding hydrogens is 346 g/mol. The van der Waals surface area contributed by atoms with Crippen LogP contribution in [0.2, 0.25) is 0 Å². The number of aryl methyl sites for hydroxylation is 2. The maximum atomic E-state index is 13.4. The molecule has 28 heavy (non-hydrogen) atoms. The average Bonchev–Trinajstić information content (AvgIpc) is 2.73. The van der Waals surface area contributed by atoms with Gasteiger partial charge in [-0.25, -0.2) is 9.97 Å². The van der Waals surface area contributed by atoms with Crippen LogP contribution in [-0.4, -0.2) is 15.9 Å². The van der Waals surface area contributed by atoms with Crippen LogP contribution < -0.4 is 4.90 Å². The Morgan fingerprint density at radius 1 is 0.786 bits per heavy atom. The van der Waals surface area contributed by atoms with Crippen molar-refractivity contribution in [1.29, 1.82) is 0 Å². The molecule has 0 N–H and O–H groups in total. The number of amides is 1. The lowest BCUT2D eigenvalue weighted by atomic mass is 10.1. The highest BCUT2D eigenvalue weighted by Crippen LogP contribution is 2.22. The van der Waals surface area contributed by atoms with Gasteiger partial charge in [-0.3, -0.25) is 4.79 Å². The molecule has 4 aromatic rings. The van der Waals surface area contributed by atoms with Gasteiger partial charge < -0.3 is 4.90 Å². The van der Waals surface area contributed by atoms with Crippen molar-refractivity contribution in [2.45, 2.75) is 20.4 Å². The molecule has 0 aliphatic rings. The number of rotatable bonds is 4. The maximum Gasteiger partial charge on any atom is 0.258 e. The van der Waals surface area contributed by atoms with Crippen molar-refractivity contribution >= 4 is 22.6 Å². The monoisotopic (exact) mass is 367 g/mol. The SMILES string of the molecule is Cc1nc2ccc(C(=O)N(Cc3ccccc3)c3ccccc3)cc2nc1C. The van der Waals surface area contributed by atoms with Gasteiger partial charge in [0.05, 0.1) is 29.0 Å². The quantitative estimate of drug-likeness (QED) is 0.504. The minimum absolute atomic E-state index is 0.0584. The molecule has 0 atom stereocenters. The lowest BCUT2D eigenvalue weighted by Crippen LogP contribution is -2.30. The summed E-state index contributed by atoms with van der Waals surface area (Å²) in [5, 5.41) is 0. The van der Waals surface area contributed by atoms with Crippen molar-refractivity contribution in [2.75, 3.05) is 4.90 Å². The highest BCUT2D eigenvalue weighted by molar-refractivity contribution is 6.07.